The third kappa shape index (κ3) is 2.91. The van der Waals surface area contributed by atoms with Crippen molar-refractivity contribution in [2.24, 2.45) is 0 Å². The van der Waals surface area contributed by atoms with Gasteiger partial charge in [0.25, 0.3) is 0 Å². The molecule has 2 aromatic rings. The summed E-state index contributed by atoms with van der Waals surface area (Å²) in [5.74, 6) is 0. The highest BCUT2D eigenvalue weighted by Crippen LogP contribution is 2.50. The molecule has 22 heavy (non-hydrogen) atoms. The van der Waals surface area contributed by atoms with Crippen molar-refractivity contribution in [2.45, 2.75) is 28.2 Å². The molecule has 0 unspecified atom stereocenters. The van der Waals surface area contributed by atoms with Crippen LogP contribution in [-0.4, -0.2) is 30.6 Å². The number of fused-ring (bicyclic) bond motifs is 2. The maximum Gasteiger partial charge on any atom is 0.117 e. The lowest BCUT2D eigenvalue weighted by Crippen LogP contribution is -2.32. The van der Waals surface area contributed by atoms with Crippen LogP contribution < -0.4 is 0 Å². The van der Waals surface area contributed by atoms with Gasteiger partial charge in [-0.3, -0.25) is 0 Å². The zero-order valence-corrected chi connectivity index (χ0v) is 14.4. The first-order chi connectivity index (χ1) is 10.5. The van der Waals surface area contributed by atoms with Crippen LogP contribution in [0.1, 0.15) is 24.0 Å². The quantitative estimate of drug-likeness (QED) is 0.898. The average Bonchev–Trinajstić information content (AvgIpc) is 2.47. The molecule has 3 rings (SSSR count). The second-order valence-electron chi connectivity index (χ2n) is 6.01. The molecule has 0 fully saturated rings. The van der Waals surface area contributed by atoms with Crippen LogP contribution in [0.25, 0.3) is 0 Å². The maximum atomic E-state index is 11.5. The lowest BCUT2D eigenvalue weighted by Gasteiger charge is -2.36. The Labute approximate surface area is 141 Å². The molecule has 2 nitrogen and oxygen atoms in total. The van der Waals surface area contributed by atoms with Crippen molar-refractivity contribution in [3.05, 3.63) is 58.6 Å². The molecular weight excluding hydrogens is 314 g/mol. The first-order valence-corrected chi connectivity index (χ1v) is 8.64. The van der Waals surface area contributed by atoms with Gasteiger partial charge in [-0.25, -0.2) is 0 Å². The molecule has 0 bridgehead atoms. The van der Waals surface area contributed by atoms with E-state index in [1.54, 1.807) is 11.8 Å². The first-order valence-electron chi connectivity index (χ1n) is 7.45. The molecule has 1 aliphatic rings. The van der Waals surface area contributed by atoms with Crippen molar-refractivity contribution in [3.8, 4) is 0 Å². The molecule has 0 amide bonds. The largest absolute Gasteiger partial charge is 0.380 e. The second kappa shape index (κ2) is 6.25. The second-order valence-corrected chi connectivity index (χ2v) is 7.53. The van der Waals surface area contributed by atoms with E-state index >= 15 is 0 Å². The van der Waals surface area contributed by atoms with Gasteiger partial charge in [0, 0.05) is 25.9 Å². The van der Waals surface area contributed by atoms with Gasteiger partial charge >= 0.3 is 0 Å². The molecule has 1 N–H and O–H groups in total. The summed E-state index contributed by atoms with van der Waals surface area (Å²) < 4.78 is 0. The normalized spacial score (nSPS) is 19.9. The molecule has 0 aromatic heterocycles. The van der Waals surface area contributed by atoms with E-state index in [0.717, 1.165) is 33.9 Å². The van der Waals surface area contributed by atoms with Crippen LogP contribution in [0.15, 0.2) is 52.3 Å². The zero-order valence-electron chi connectivity index (χ0n) is 12.8. The summed E-state index contributed by atoms with van der Waals surface area (Å²) in [5.41, 5.74) is 1.05. The van der Waals surface area contributed by atoms with Crippen molar-refractivity contribution in [3.63, 3.8) is 0 Å². The molecular formula is C18H20ClNOS. The molecule has 0 saturated carbocycles. The minimum Gasteiger partial charge on any atom is -0.380 e. The number of hydrogen-bond donors (Lipinski definition) is 1. The number of aliphatic hydroxyl groups is 1. The molecule has 1 atom stereocenters. The summed E-state index contributed by atoms with van der Waals surface area (Å²) in [6.07, 6.45) is 1.64. The van der Waals surface area contributed by atoms with Gasteiger partial charge in [0.2, 0.25) is 0 Å². The molecule has 1 aliphatic heterocycles. The molecule has 4 heteroatoms. The summed E-state index contributed by atoms with van der Waals surface area (Å²) in [6, 6.07) is 13.9. The minimum absolute atomic E-state index is 0.706. The SMILES string of the molecule is CN(C)CCC[C@@]1(O)c2ccccc2Sc2cc(Cl)ccc21. The van der Waals surface area contributed by atoms with Crippen LogP contribution in [0, 0.1) is 0 Å². The van der Waals surface area contributed by atoms with E-state index < -0.39 is 5.60 Å². The summed E-state index contributed by atoms with van der Waals surface area (Å²) in [6.45, 7) is 0.959. The Balaban J connectivity index is 2.04. The third-order valence-corrected chi connectivity index (χ3v) is 5.45. The monoisotopic (exact) mass is 333 g/mol. The van der Waals surface area contributed by atoms with E-state index in [-0.39, 0.29) is 0 Å². The summed E-state index contributed by atoms with van der Waals surface area (Å²) >= 11 is 7.82. The summed E-state index contributed by atoms with van der Waals surface area (Å²) in [4.78, 5) is 4.32. The fourth-order valence-corrected chi connectivity index (χ4v) is 4.50. The van der Waals surface area contributed by atoms with Gasteiger partial charge in [-0.15, -0.1) is 0 Å². The van der Waals surface area contributed by atoms with Gasteiger partial charge in [-0.1, -0.05) is 47.6 Å². The Morgan fingerprint density at radius 1 is 1.09 bits per heavy atom. The van der Waals surface area contributed by atoms with Crippen molar-refractivity contribution < 1.29 is 5.11 Å². The highest BCUT2D eigenvalue weighted by molar-refractivity contribution is 7.99. The molecule has 1 heterocycles. The van der Waals surface area contributed by atoms with Crippen LogP contribution in [0.2, 0.25) is 5.02 Å². The van der Waals surface area contributed by atoms with Crippen molar-refractivity contribution in [1.82, 2.24) is 4.90 Å². The van der Waals surface area contributed by atoms with E-state index in [4.69, 9.17) is 11.6 Å². The predicted octanol–water partition coefficient (Wildman–Crippen LogP) is 4.38. The molecule has 0 radical (unpaired) electrons. The number of hydrogen-bond acceptors (Lipinski definition) is 3. The molecule has 2 aromatic carbocycles. The Morgan fingerprint density at radius 2 is 1.82 bits per heavy atom. The first kappa shape index (κ1) is 15.9. The minimum atomic E-state index is -0.933. The summed E-state index contributed by atoms with van der Waals surface area (Å²) in [5, 5.41) is 12.2. The lowest BCUT2D eigenvalue weighted by molar-refractivity contribution is 0.0600. The van der Waals surface area contributed by atoms with E-state index in [2.05, 4.69) is 25.1 Å². The number of halogens is 1. The lowest BCUT2D eigenvalue weighted by atomic mass is 9.82. The highest BCUT2D eigenvalue weighted by Gasteiger charge is 2.38. The van der Waals surface area contributed by atoms with E-state index in [1.807, 2.05) is 36.4 Å². The van der Waals surface area contributed by atoms with Gasteiger partial charge in [-0.05, 0) is 51.7 Å². The maximum absolute atomic E-state index is 11.5. The van der Waals surface area contributed by atoms with Crippen LogP contribution in [-0.2, 0) is 5.60 Å². The number of benzene rings is 2. The summed E-state index contributed by atoms with van der Waals surface area (Å²) in [7, 11) is 4.12. The van der Waals surface area contributed by atoms with Crippen molar-refractivity contribution >= 4 is 23.4 Å². The van der Waals surface area contributed by atoms with Crippen LogP contribution in [0.5, 0.6) is 0 Å². The fraction of sp³-hybridized carbons (Fsp3) is 0.333. The van der Waals surface area contributed by atoms with Gasteiger partial charge < -0.3 is 10.0 Å². The molecule has 0 saturated heterocycles. The van der Waals surface area contributed by atoms with Gasteiger partial charge in [0.05, 0.1) is 0 Å². The third-order valence-electron chi connectivity index (χ3n) is 4.09. The van der Waals surface area contributed by atoms with Crippen molar-refractivity contribution in [1.29, 1.82) is 0 Å². The average molecular weight is 334 g/mol. The van der Waals surface area contributed by atoms with Crippen molar-refractivity contribution in [2.75, 3.05) is 20.6 Å². The topological polar surface area (TPSA) is 23.5 Å². The Hall–Kier alpha value is -1.00. The van der Waals surface area contributed by atoms with E-state index in [0.29, 0.717) is 11.4 Å². The zero-order chi connectivity index (χ0) is 15.7. The number of nitrogens with zero attached hydrogens (tertiary/aromatic N) is 1. The van der Waals surface area contributed by atoms with E-state index in [1.165, 1.54) is 0 Å². The highest BCUT2D eigenvalue weighted by atomic mass is 35.5. The van der Waals surface area contributed by atoms with Crippen LogP contribution in [0.3, 0.4) is 0 Å². The van der Waals surface area contributed by atoms with Crippen LogP contribution in [0.4, 0.5) is 0 Å². The van der Waals surface area contributed by atoms with Crippen LogP contribution >= 0.6 is 23.4 Å². The Morgan fingerprint density at radius 3 is 2.59 bits per heavy atom. The smallest absolute Gasteiger partial charge is 0.117 e. The molecule has 116 valence electrons. The molecule has 0 spiro atoms. The number of rotatable bonds is 4. The van der Waals surface area contributed by atoms with Gasteiger partial charge in [-0.2, -0.15) is 0 Å². The standard InChI is InChI=1S/C18H20ClNOS/c1-20(2)11-5-10-18(21)14-6-3-4-7-16(14)22-17-12-13(19)8-9-15(17)18/h3-4,6-9,12,21H,5,10-11H2,1-2H3/t18-/m1/s1. The Kier molecular flexibility index (Phi) is 4.51. The van der Waals surface area contributed by atoms with Gasteiger partial charge in [0.15, 0.2) is 0 Å². The van der Waals surface area contributed by atoms with E-state index in [9.17, 15) is 5.11 Å². The predicted molar refractivity (Wildman–Crippen MR) is 92.8 cm³/mol. The fourth-order valence-electron chi connectivity index (χ4n) is 3.00. The van der Waals surface area contributed by atoms with Gasteiger partial charge in [0.1, 0.15) is 5.60 Å². The Bertz CT molecular complexity index is 689. The molecule has 0 aliphatic carbocycles.